The molecular weight excluding hydrogens is 260 g/mol. The summed E-state index contributed by atoms with van der Waals surface area (Å²) in [5.41, 5.74) is -0.121. The number of hydrogen-bond acceptors (Lipinski definition) is 3. The van der Waals surface area contributed by atoms with Gasteiger partial charge in [-0.15, -0.1) is 0 Å². The number of urea groups is 1. The highest BCUT2D eigenvalue weighted by atomic mass is 16.5. The number of carboxylic acids is 1. The number of nitrogens with zero attached hydrogens (tertiary/aromatic N) is 1. The standard InChI is InChI=1S/C14H26N2O4/c1-14(2,11-6-4-5-9-20-11)10-15-13(19)16(3)8-7-12(17)18/h11H,4-10H2,1-3H3,(H,15,19)(H,17,18). The predicted octanol–water partition coefficient (Wildman–Crippen LogP) is 1.70. The molecule has 1 fully saturated rings. The molecule has 0 bridgehead atoms. The minimum Gasteiger partial charge on any atom is -0.481 e. The zero-order valence-electron chi connectivity index (χ0n) is 12.6. The van der Waals surface area contributed by atoms with Gasteiger partial charge in [-0.2, -0.15) is 0 Å². The highest BCUT2D eigenvalue weighted by Gasteiger charge is 2.32. The van der Waals surface area contributed by atoms with Crippen LogP contribution in [-0.2, 0) is 9.53 Å². The molecule has 0 aliphatic carbocycles. The van der Waals surface area contributed by atoms with E-state index in [-0.39, 0.29) is 30.5 Å². The van der Waals surface area contributed by atoms with E-state index < -0.39 is 5.97 Å². The molecule has 0 aromatic rings. The van der Waals surface area contributed by atoms with Crippen LogP contribution in [0.2, 0.25) is 0 Å². The lowest BCUT2D eigenvalue weighted by Crippen LogP contribution is -2.47. The van der Waals surface area contributed by atoms with Crippen LogP contribution in [0.3, 0.4) is 0 Å². The van der Waals surface area contributed by atoms with Crippen LogP contribution in [0.15, 0.2) is 0 Å². The zero-order valence-corrected chi connectivity index (χ0v) is 12.6. The van der Waals surface area contributed by atoms with Crippen LogP contribution in [0.25, 0.3) is 0 Å². The van der Waals surface area contributed by atoms with Crippen LogP contribution >= 0.6 is 0 Å². The molecule has 1 aliphatic heterocycles. The summed E-state index contributed by atoms with van der Waals surface area (Å²) in [7, 11) is 1.60. The number of carbonyl (C=O) groups excluding carboxylic acids is 1. The fraction of sp³-hybridized carbons (Fsp3) is 0.857. The number of carbonyl (C=O) groups is 2. The summed E-state index contributed by atoms with van der Waals surface area (Å²) in [6.45, 7) is 5.69. The monoisotopic (exact) mass is 286 g/mol. The molecule has 6 heteroatoms. The van der Waals surface area contributed by atoms with Crippen molar-refractivity contribution in [1.82, 2.24) is 10.2 Å². The molecule has 2 N–H and O–H groups in total. The molecule has 1 saturated heterocycles. The number of nitrogens with one attached hydrogen (secondary N) is 1. The Hall–Kier alpha value is -1.30. The van der Waals surface area contributed by atoms with E-state index in [0.29, 0.717) is 6.54 Å². The maximum Gasteiger partial charge on any atom is 0.317 e. The van der Waals surface area contributed by atoms with Gasteiger partial charge in [0.25, 0.3) is 0 Å². The molecular formula is C14H26N2O4. The Bertz CT molecular complexity index is 338. The van der Waals surface area contributed by atoms with Crippen molar-refractivity contribution < 1.29 is 19.4 Å². The van der Waals surface area contributed by atoms with Gasteiger partial charge in [0.1, 0.15) is 0 Å². The average molecular weight is 286 g/mol. The van der Waals surface area contributed by atoms with Crippen molar-refractivity contribution in [2.45, 2.75) is 45.6 Å². The first-order valence-electron chi connectivity index (χ1n) is 7.15. The Balaban J connectivity index is 2.36. The van der Waals surface area contributed by atoms with Crippen LogP contribution in [0.4, 0.5) is 4.79 Å². The molecule has 0 aromatic carbocycles. The summed E-state index contributed by atoms with van der Waals surface area (Å²) >= 11 is 0. The number of ether oxygens (including phenoxy) is 1. The molecule has 20 heavy (non-hydrogen) atoms. The number of aliphatic carboxylic acids is 1. The van der Waals surface area contributed by atoms with Crippen molar-refractivity contribution in [3.63, 3.8) is 0 Å². The third-order valence-electron chi connectivity index (χ3n) is 3.75. The minimum atomic E-state index is -0.902. The molecule has 6 nitrogen and oxygen atoms in total. The Kier molecular flexibility index (Phi) is 6.26. The highest BCUT2D eigenvalue weighted by molar-refractivity contribution is 5.75. The quantitative estimate of drug-likeness (QED) is 0.779. The number of amides is 2. The van der Waals surface area contributed by atoms with Gasteiger partial charge >= 0.3 is 12.0 Å². The van der Waals surface area contributed by atoms with E-state index >= 15 is 0 Å². The third kappa shape index (κ3) is 5.36. The lowest BCUT2D eigenvalue weighted by molar-refractivity contribution is -0.137. The maximum atomic E-state index is 11.9. The molecule has 0 aromatic heterocycles. The molecule has 1 rings (SSSR count). The molecule has 1 unspecified atom stereocenters. The largest absolute Gasteiger partial charge is 0.481 e. The van der Waals surface area contributed by atoms with Crippen molar-refractivity contribution >= 4 is 12.0 Å². The summed E-state index contributed by atoms with van der Waals surface area (Å²) in [6, 6.07) is -0.241. The van der Waals surface area contributed by atoms with E-state index in [1.165, 1.54) is 11.3 Å². The average Bonchev–Trinajstić information content (AvgIpc) is 2.43. The van der Waals surface area contributed by atoms with Crippen LogP contribution in [0.5, 0.6) is 0 Å². The second kappa shape index (κ2) is 7.47. The molecule has 0 spiro atoms. The summed E-state index contributed by atoms with van der Waals surface area (Å²) in [5.74, 6) is -0.902. The molecule has 0 radical (unpaired) electrons. The predicted molar refractivity (Wildman–Crippen MR) is 75.7 cm³/mol. The van der Waals surface area contributed by atoms with Gasteiger partial charge in [0.05, 0.1) is 12.5 Å². The zero-order chi connectivity index (χ0) is 15.2. The van der Waals surface area contributed by atoms with Crippen molar-refractivity contribution in [2.75, 3.05) is 26.7 Å². The van der Waals surface area contributed by atoms with Gasteiger partial charge in [-0.3, -0.25) is 4.79 Å². The van der Waals surface area contributed by atoms with Gasteiger partial charge in [0, 0.05) is 32.2 Å². The van der Waals surface area contributed by atoms with E-state index in [1.807, 2.05) is 0 Å². The lowest BCUT2D eigenvalue weighted by atomic mass is 9.82. The van der Waals surface area contributed by atoms with Gasteiger partial charge in [0.2, 0.25) is 0 Å². The molecule has 1 heterocycles. The van der Waals surface area contributed by atoms with E-state index in [4.69, 9.17) is 9.84 Å². The van der Waals surface area contributed by atoms with Gasteiger partial charge in [-0.1, -0.05) is 13.8 Å². The van der Waals surface area contributed by atoms with Crippen LogP contribution in [0.1, 0.15) is 39.5 Å². The molecule has 1 aliphatic rings. The normalized spacial score (nSPS) is 19.4. The molecule has 1 atom stereocenters. The van der Waals surface area contributed by atoms with Crippen molar-refractivity contribution in [3.05, 3.63) is 0 Å². The molecule has 2 amide bonds. The van der Waals surface area contributed by atoms with Crippen molar-refractivity contribution in [3.8, 4) is 0 Å². The third-order valence-corrected chi connectivity index (χ3v) is 3.75. The Morgan fingerprint density at radius 3 is 2.65 bits per heavy atom. The highest BCUT2D eigenvalue weighted by Crippen LogP contribution is 2.29. The summed E-state index contributed by atoms with van der Waals surface area (Å²) < 4.78 is 5.77. The molecule has 0 saturated carbocycles. The Morgan fingerprint density at radius 1 is 1.40 bits per heavy atom. The van der Waals surface area contributed by atoms with E-state index in [1.54, 1.807) is 7.05 Å². The first kappa shape index (κ1) is 16.8. The van der Waals surface area contributed by atoms with Crippen LogP contribution in [-0.4, -0.2) is 54.9 Å². The summed E-state index contributed by atoms with van der Waals surface area (Å²) in [5, 5.41) is 11.5. The summed E-state index contributed by atoms with van der Waals surface area (Å²) in [6.07, 6.45) is 3.43. The second-order valence-electron chi connectivity index (χ2n) is 6.07. The van der Waals surface area contributed by atoms with Crippen molar-refractivity contribution in [1.29, 1.82) is 0 Å². The van der Waals surface area contributed by atoms with Crippen molar-refractivity contribution in [2.24, 2.45) is 5.41 Å². The van der Waals surface area contributed by atoms with E-state index in [0.717, 1.165) is 19.4 Å². The van der Waals surface area contributed by atoms with E-state index in [2.05, 4.69) is 19.2 Å². The van der Waals surface area contributed by atoms with Gasteiger partial charge < -0.3 is 20.1 Å². The lowest BCUT2D eigenvalue weighted by Gasteiger charge is -2.37. The van der Waals surface area contributed by atoms with Crippen LogP contribution in [0, 0.1) is 5.41 Å². The Labute approximate surface area is 120 Å². The summed E-state index contributed by atoms with van der Waals surface area (Å²) in [4.78, 5) is 23.7. The smallest absolute Gasteiger partial charge is 0.317 e. The minimum absolute atomic E-state index is 0.0426. The van der Waals surface area contributed by atoms with Gasteiger partial charge in [0.15, 0.2) is 0 Å². The number of hydrogen-bond donors (Lipinski definition) is 2. The van der Waals surface area contributed by atoms with Gasteiger partial charge in [-0.25, -0.2) is 4.79 Å². The topological polar surface area (TPSA) is 78.9 Å². The number of rotatable bonds is 6. The second-order valence-corrected chi connectivity index (χ2v) is 6.07. The first-order valence-corrected chi connectivity index (χ1v) is 7.15. The first-order chi connectivity index (χ1) is 9.33. The Morgan fingerprint density at radius 2 is 2.10 bits per heavy atom. The fourth-order valence-electron chi connectivity index (χ4n) is 2.27. The van der Waals surface area contributed by atoms with Gasteiger partial charge in [-0.05, 0) is 19.3 Å². The van der Waals surface area contributed by atoms with Crippen LogP contribution < -0.4 is 5.32 Å². The maximum absolute atomic E-state index is 11.9. The number of carboxylic acid groups (broad SMARTS) is 1. The van der Waals surface area contributed by atoms with E-state index in [9.17, 15) is 9.59 Å². The fourth-order valence-corrected chi connectivity index (χ4v) is 2.27. The SMILES string of the molecule is CN(CCC(=O)O)C(=O)NCC(C)(C)C1CCCCO1. The molecule has 116 valence electrons.